The normalized spacial score (nSPS) is 14.9. The van der Waals surface area contributed by atoms with Gasteiger partial charge in [-0.1, -0.05) is 0 Å². The smallest absolute Gasteiger partial charge is 0.227 e. The van der Waals surface area contributed by atoms with E-state index in [4.69, 9.17) is 4.42 Å². The SMILES string of the molecule is Cc1cc2cc(-c3ccc(F)cc3)oc2cc1N1CCCC1=O. The van der Waals surface area contributed by atoms with Crippen molar-refractivity contribution in [3.05, 3.63) is 53.8 Å². The van der Waals surface area contributed by atoms with E-state index in [-0.39, 0.29) is 11.7 Å². The summed E-state index contributed by atoms with van der Waals surface area (Å²) < 4.78 is 19.0. The number of carbonyl (C=O) groups is 1. The van der Waals surface area contributed by atoms with Crippen molar-refractivity contribution in [2.75, 3.05) is 11.4 Å². The number of furan rings is 1. The van der Waals surface area contributed by atoms with Crippen LogP contribution in [0.5, 0.6) is 0 Å². The molecule has 0 saturated carbocycles. The highest BCUT2D eigenvalue weighted by molar-refractivity contribution is 5.98. The van der Waals surface area contributed by atoms with Gasteiger partial charge in [0.2, 0.25) is 5.91 Å². The highest BCUT2D eigenvalue weighted by Gasteiger charge is 2.24. The minimum Gasteiger partial charge on any atom is -0.456 e. The maximum absolute atomic E-state index is 13.1. The zero-order chi connectivity index (χ0) is 16.0. The van der Waals surface area contributed by atoms with Crippen LogP contribution >= 0.6 is 0 Å². The molecule has 0 N–H and O–H groups in total. The van der Waals surface area contributed by atoms with E-state index in [9.17, 15) is 9.18 Å². The minimum atomic E-state index is -0.268. The van der Waals surface area contributed by atoms with E-state index >= 15 is 0 Å². The standard InChI is InChI=1S/C19H16FNO2/c1-12-9-14-10-17(13-4-6-15(20)7-5-13)23-18(14)11-16(12)21-8-2-3-19(21)22/h4-7,9-11H,2-3,8H2,1H3. The van der Waals surface area contributed by atoms with Crippen LogP contribution in [0.4, 0.5) is 10.1 Å². The molecule has 116 valence electrons. The summed E-state index contributed by atoms with van der Waals surface area (Å²) in [6.07, 6.45) is 1.51. The van der Waals surface area contributed by atoms with Gasteiger partial charge in [0.25, 0.3) is 0 Å². The third kappa shape index (κ3) is 2.40. The van der Waals surface area contributed by atoms with Crippen LogP contribution in [0.3, 0.4) is 0 Å². The number of anilines is 1. The van der Waals surface area contributed by atoms with Gasteiger partial charge < -0.3 is 9.32 Å². The van der Waals surface area contributed by atoms with Crippen molar-refractivity contribution in [3.8, 4) is 11.3 Å². The number of nitrogens with zero attached hydrogens (tertiary/aromatic N) is 1. The van der Waals surface area contributed by atoms with Crippen molar-refractivity contribution in [1.29, 1.82) is 0 Å². The van der Waals surface area contributed by atoms with Crippen molar-refractivity contribution in [1.82, 2.24) is 0 Å². The number of hydrogen-bond donors (Lipinski definition) is 0. The van der Waals surface area contributed by atoms with Crippen LogP contribution in [-0.2, 0) is 4.79 Å². The van der Waals surface area contributed by atoms with Crippen LogP contribution < -0.4 is 4.90 Å². The maximum atomic E-state index is 13.1. The molecule has 3 nitrogen and oxygen atoms in total. The molecule has 1 aliphatic heterocycles. The van der Waals surface area contributed by atoms with Crippen LogP contribution in [0.25, 0.3) is 22.3 Å². The zero-order valence-electron chi connectivity index (χ0n) is 12.8. The molecular formula is C19H16FNO2. The van der Waals surface area contributed by atoms with Crippen LogP contribution in [0.1, 0.15) is 18.4 Å². The fourth-order valence-electron chi connectivity index (χ4n) is 3.14. The van der Waals surface area contributed by atoms with Gasteiger partial charge in [0.1, 0.15) is 17.2 Å². The Kier molecular flexibility index (Phi) is 3.18. The average molecular weight is 309 g/mol. The molecule has 3 aromatic rings. The maximum Gasteiger partial charge on any atom is 0.227 e. The molecule has 0 atom stereocenters. The lowest BCUT2D eigenvalue weighted by atomic mass is 10.1. The Bertz CT molecular complexity index is 896. The van der Waals surface area contributed by atoms with Crippen LogP contribution in [0.15, 0.2) is 46.9 Å². The number of benzene rings is 2. The van der Waals surface area contributed by atoms with Gasteiger partial charge in [-0.05, 0) is 55.3 Å². The van der Waals surface area contributed by atoms with Crippen molar-refractivity contribution in [2.24, 2.45) is 0 Å². The van der Waals surface area contributed by atoms with E-state index in [1.165, 1.54) is 12.1 Å². The fraction of sp³-hybridized carbons (Fsp3) is 0.211. The Hall–Kier alpha value is -2.62. The summed E-state index contributed by atoms with van der Waals surface area (Å²) in [6.45, 7) is 2.77. The monoisotopic (exact) mass is 309 g/mol. The number of halogens is 1. The van der Waals surface area contributed by atoms with Crippen molar-refractivity contribution >= 4 is 22.6 Å². The first-order valence-electron chi connectivity index (χ1n) is 7.72. The number of rotatable bonds is 2. The molecule has 0 radical (unpaired) electrons. The molecule has 0 aliphatic carbocycles. The highest BCUT2D eigenvalue weighted by Crippen LogP contribution is 2.34. The van der Waals surface area contributed by atoms with E-state index in [1.54, 1.807) is 12.1 Å². The molecule has 0 spiro atoms. The Balaban J connectivity index is 1.80. The third-order valence-corrected chi connectivity index (χ3v) is 4.33. The van der Waals surface area contributed by atoms with Gasteiger partial charge >= 0.3 is 0 Å². The summed E-state index contributed by atoms with van der Waals surface area (Å²) in [5.74, 6) is 0.595. The van der Waals surface area contributed by atoms with E-state index in [0.717, 1.165) is 40.7 Å². The number of amides is 1. The van der Waals surface area contributed by atoms with E-state index < -0.39 is 0 Å². The predicted octanol–water partition coefficient (Wildman–Crippen LogP) is 4.67. The van der Waals surface area contributed by atoms with Crippen molar-refractivity contribution < 1.29 is 13.6 Å². The van der Waals surface area contributed by atoms with Crippen molar-refractivity contribution in [3.63, 3.8) is 0 Å². The largest absolute Gasteiger partial charge is 0.456 e. The Morgan fingerprint density at radius 2 is 1.91 bits per heavy atom. The van der Waals surface area contributed by atoms with Gasteiger partial charge in [0, 0.05) is 30.0 Å². The Morgan fingerprint density at radius 3 is 2.61 bits per heavy atom. The van der Waals surface area contributed by atoms with E-state index in [1.807, 2.05) is 30.0 Å². The minimum absolute atomic E-state index is 0.165. The molecule has 2 aromatic carbocycles. The molecule has 1 fully saturated rings. The van der Waals surface area contributed by atoms with Gasteiger partial charge in [0.05, 0.1) is 5.69 Å². The first-order valence-corrected chi connectivity index (χ1v) is 7.72. The average Bonchev–Trinajstić information content (AvgIpc) is 3.13. The van der Waals surface area contributed by atoms with Gasteiger partial charge in [0.15, 0.2) is 0 Å². The summed E-state index contributed by atoms with van der Waals surface area (Å²) in [7, 11) is 0. The lowest BCUT2D eigenvalue weighted by molar-refractivity contribution is -0.117. The topological polar surface area (TPSA) is 33.5 Å². The number of fused-ring (bicyclic) bond motifs is 1. The molecule has 1 aromatic heterocycles. The second kappa shape index (κ2) is 5.23. The first-order chi connectivity index (χ1) is 11.1. The lowest BCUT2D eigenvalue weighted by Crippen LogP contribution is -2.24. The molecule has 4 heteroatoms. The summed E-state index contributed by atoms with van der Waals surface area (Å²) in [5, 5.41) is 0.984. The van der Waals surface area contributed by atoms with Crippen molar-refractivity contribution in [2.45, 2.75) is 19.8 Å². The van der Waals surface area contributed by atoms with Crippen LogP contribution in [-0.4, -0.2) is 12.5 Å². The number of aryl methyl sites for hydroxylation is 1. The number of carbonyl (C=O) groups excluding carboxylic acids is 1. The molecule has 1 amide bonds. The molecule has 2 heterocycles. The molecule has 1 saturated heterocycles. The quantitative estimate of drug-likeness (QED) is 0.689. The predicted molar refractivity (Wildman–Crippen MR) is 87.9 cm³/mol. The summed E-state index contributed by atoms with van der Waals surface area (Å²) in [6, 6.07) is 12.2. The fourth-order valence-corrected chi connectivity index (χ4v) is 3.14. The Morgan fingerprint density at radius 1 is 1.13 bits per heavy atom. The summed E-state index contributed by atoms with van der Waals surface area (Å²) >= 11 is 0. The summed E-state index contributed by atoms with van der Waals surface area (Å²) in [4.78, 5) is 13.8. The highest BCUT2D eigenvalue weighted by atomic mass is 19.1. The van der Waals surface area contributed by atoms with E-state index in [0.29, 0.717) is 12.2 Å². The molecule has 23 heavy (non-hydrogen) atoms. The van der Waals surface area contributed by atoms with Crippen LogP contribution in [0, 0.1) is 12.7 Å². The zero-order valence-corrected chi connectivity index (χ0v) is 12.8. The van der Waals surface area contributed by atoms with Gasteiger partial charge in [-0.3, -0.25) is 4.79 Å². The third-order valence-electron chi connectivity index (χ3n) is 4.33. The van der Waals surface area contributed by atoms with Gasteiger partial charge in [-0.15, -0.1) is 0 Å². The first kappa shape index (κ1) is 14.0. The van der Waals surface area contributed by atoms with E-state index in [2.05, 4.69) is 0 Å². The van der Waals surface area contributed by atoms with Gasteiger partial charge in [-0.2, -0.15) is 0 Å². The Labute approximate surface area is 133 Å². The summed E-state index contributed by atoms with van der Waals surface area (Å²) in [5.41, 5.74) is 3.54. The second-order valence-electron chi connectivity index (χ2n) is 5.94. The number of hydrogen-bond acceptors (Lipinski definition) is 2. The van der Waals surface area contributed by atoms with Crippen LogP contribution in [0.2, 0.25) is 0 Å². The van der Waals surface area contributed by atoms with Gasteiger partial charge in [-0.25, -0.2) is 4.39 Å². The second-order valence-corrected chi connectivity index (χ2v) is 5.94. The molecular weight excluding hydrogens is 293 g/mol. The molecule has 0 bridgehead atoms. The molecule has 1 aliphatic rings. The molecule has 4 rings (SSSR count). The molecule has 0 unspecified atom stereocenters. The lowest BCUT2D eigenvalue weighted by Gasteiger charge is -2.18.